The van der Waals surface area contributed by atoms with Gasteiger partial charge in [-0.3, -0.25) is 4.90 Å². The predicted molar refractivity (Wildman–Crippen MR) is 85.5 cm³/mol. The second kappa shape index (κ2) is 6.15. The topological polar surface area (TPSA) is 78.5 Å². The number of anilines is 2. The lowest BCUT2D eigenvalue weighted by Crippen LogP contribution is -2.50. The SMILES string of the molecule is CC(C)c1nc(N)cc(N2CCN(CC(C)(C)O)CC2)n1. The molecule has 0 aromatic carbocycles. The van der Waals surface area contributed by atoms with Gasteiger partial charge in [-0.25, -0.2) is 9.97 Å². The third kappa shape index (κ3) is 4.54. The maximum absolute atomic E-state index is 9.89. The van der Waals surface area contributed by atoms with Crippen molar-refractivity contribution in [2.75, 3.05) is 43.4 Å². The molecule has 1 aliphatic heterocycles. The van der Waals surface area contributed by atoms with Crippen molar-refractivity contribution in [3.63, 3.8) is 0 Å². The first-order valence-corrected chi connectivity index (χ1v) is 7.59. The summed E-state index contributed by atoms with van der Waals surface area (Å²) < 4.78 is 0. The van der Waals surface area contributed by atoms with Crippen LogP contribution in [0.1, 0.15) is 39.4 Å². The molecule has 2 heterocycles. The quantitative estimate of drug-likeness (QED) is 0.865. The molecule has 2 rings (SSSR count). The fourth-order valence-electron chi connectivity index (χ4n) is 2.57. The summed E-state index contributed by atoms with van der Waals surface area (Å²) in [5, 5.41) is 9.89. The van der Waals surface area contributed by atoms with Gasteiger partial charge in [0.05, 0.1) is 5.60 Å². The zero-order valence-electron chi connectivity index (χ0n) is 13.5. The van der Waals surface area contributed by atoms with Gasteiger partial charge in [0.25, 0.3) is 0 Å². The van der Waals surface area contributed by atoms with Gasteiger partial charge in [-0.15, -0.1) is 0 Å². The van der Waals surface area contributed by atoms with Gasteiger partial charge in [0, 0.05) is 44.7 Å². The second-order valence-corrected chi connectivity index (χ2v) is 6.74. The van der Waals surface area contributed by atoms with Crippen LogP contribution < -0.4 is 10.6 Å². The highest BCUT2D eigenvalue weighted by molar-refractivity contribution is 5.47. The smallest absolute Gasteiger partial charge is 0.135 e. The molecule has 0 unspecified atom stereocenters. The molecule has 1 aromatic rings. The molecule has 21 heavy (non-hydrogen) atoms. The van der Waals surface area contributed by atoms with Crippen molar-refractivity contribution in [1.82, 2.24) is 14.9 Å². The first-order valence-electron chi connectivity index (χ1n) is 7.59. The molecule has 118 valence electrons. The van der Waals surface area contributed by atoms with Crippen LogP contribution in [0.2, 0.25) is 0 Å². The number of piperazine rings is 1. The van der Waals surface area contributed by atoms with E-state index in [4.69, 9.17) is 5.73 Å². The lowest BCUT2D eigenvalue weighted by Gasteiger charge is -2.37. The minimum atomic E-state index is -0.647. The van der Waals surface area contributed by atoms with Crippen LogP contribution in [0.5, 0.6) is 0 Å². The number of rotatable bonds is 4. The van der Waals surface area contributed by atoms with Gasteiger partial charge in [0.2, 0.25) is 0 Å². The highest BCUT2D eigenvalue weighted by Gasteiger charge is 2.23. The van der Waals surface area contributed by atoms with Crippen LogP contribution in [0.25, 0.3) is 0 Å². The lowest BCUT2D eigenvalue weighted by atomic mass is 10.1. The zero-order valence-corrected chi connectivity index (χ0v) is 13.5. The molecule has 0 aliphatic carbocycles. The fourth-order valence-corrected chi connectivity index (χ4v) is 2.57. The van der Waals surface area contributed by atoms with Crippen molar-refractivity contribution >= 4 is 11.6 Å². The van der Waals surface area contributed by atoms with Gasteiger partial charge < -0.3 is 15.7 Å². The van der Waals surface area contributed by atoms with E-state index in [2.05, 4.69) is 33.6 Å². The normalized spacial score (nSPS) is 17.5. The summed E-state index contributed by atoms with van der Waals surface area (Å²) in [6, 6.07) is 1.84. The Morgan fingerprint density at radius 2 is 1.86 bits per heavy atom. The molecule has 0 amide bonds. The van der Waals surface area contributed by atoms with E-state index in [0.717, 1.165) is 37.8 Å². The maximum Gasteiger partial charge on any atom is 0.135 e. The van der Waals surface area contributed by atoms with Crippen LogP contribution in [0.3, 0.4) is 0 Å². The molecule has 1 fully saturated rings. The number of aliphatic hydroxyl groups is 1. The van der Waals surface area contributed by atoms with Crippen molar-refractivity contribution < 1.29 is 5.11 Å². The minimum absolute atomic E-state index is 0.267. The van der Waals surface area contributed by atoms with E-state index in [0.29, 0.717) is 12.4 Å². The van der Waals surface area contributed by atoms with Gasteiger partial charge >= 0.3 is 0 Å². The molecular weight excluding hydrogens is 266 g/mol. The monoisotopic (exact) mass is 293 g/mol. The Labute approximate surface area is 127 Å². The molecule has 1 aromatic heterocycles. The maximum atomic E-state index is 9.89. The summed E-state index contributed by atoms with van der Waals surface area (Å²) in [5.74, 6) is 2.50. The standard InChI is InChI=1S/C15H27N5O/c1-11(2)14-17-12(16)9-13(18-14)20-7-5-19(6-8-20)10-15(3,4)21/h9,11,21H,5-8,10H2,1-4H3,(H2,16,17,18). The molecule has 6 heteroatoms. The summed E-state index contributed by atoms with van der Waals surface area (Å²) in [4.78, 5) is 13.4. The molecule has 3 N–H and O–H groups in total. The molecule has 1 saturated heterocycles. The van der Waals surface area contributed by atoms with Crippen molar-refractivity contribution in [1.29, 1.82) is 0 Å². The molecule has 0 radical (unpaired) electrons. The number of nitrogen functional groups attached to an aromatic ring is 1. The third-order valence-electron chi connectivity index (χ3n) is 3.57. The van der Waals surface area contributed by atoms with E-state index in [1.54, 1.807) is 0 Å². The highest BCUT2D eigenvalue weighted by atomic mass is 16.3. The molecule has 0 saturated carbocycles. The molecule has 6 nitrogen and oxygen atoms in total. The van der Waals surface area contributed by atoms with Crippen LogP contribution in [0.4, 0.5) is 11.6 Å². The molecule has 0 bridgehead atoms. The van der Waals surface area contributed by atoms with E-state index in [1.165, 1.54) is 0 Å². The van der Waals surface area contributed by atoms with Gasteiger partial charge in [-0.1, -0.05) is 13.8 Å². The average Bonchev–Trinajstić information content (AvgIpc) is 2.37. The minimum Gasteiger partial charge on any atom is -0.389 e. The first kappa shape index (κ1) is 16.0. The van der Waals surface area contributed by atoms with Crippen molar-refractivity contribution in [3.05, 3.63) is 11.9 Å². The van der Waals surface area contributed by atoms with Crippen molar-refractivity contribution in [3.8, 4) is 0 Å². The highest BCUT2D eigenvalue weighted by Crippen LogP contribution is 2.20. The lowest BCUT2D eigenvalue weighted by molar-refractivity contribution is 0.0344. The van der Waals surface area contributed by atoms with E-state index in [9.17, 15) is 5.11 Å². The van der Waals surface area contributed by atoms with Gasteiger partial charge in [-0.2, -0.15) is 0 Å². The number of β-amino-alcohol motifs (C(OH)–C–C–N with tert-alkyl or cyclic N) is 1. The Hall–Kier alpha value is -1.40. The number of nitrogens with two attached hydrogens (primary N) is 1. The Balaban J connectivity index is 2.02. The van der Waals surface area contributed by atoms with Gasteiger partial charge in [-0.05, 0) is 13.8 Å². The number of nitrogens with zero attached hydrogens (tertiary/aromatic N) is 4. The van der Waals surface area contributed by atoms with Gasteiger partial charge in [0.15, 0.2) is 0 Å². The first-order chi connectivity index (χ1) is 9.74. The Morgan fingerprint density at radius 1 is 1.24 bits per heavy atom. The van der Waals surface area contributed by atoms with E-state index in [-0.39, 0.29) is 5.92 Å². The zero-order chi connectivity index (χ0) is 15.6. The number of hydrogen-bond acceptors (Lipinski definition) is 6. The van der Waals surface area contributed by atoms with E-state index in [1.807, 2.05) is 19.9 Å². The molecule has 0 spiro atoms. The van der Waals surface area contributed by atoms with Crippen LogP contribution in [0, 0.1) is 0 Å². The Bertz CT molecular complexity index is 475. The van der Waals surface area contributed by atoms with E-state index >= 15 is 0 Å². The summed E-state index contributed by atoms with van der Waals surface area (Å²) in [7, 11) is 0. The fraction of sp³-hybridized carbons (Fsp3) is 0.733. The van der Waals surface area contributed by atoms with E-state index < -0.39 is 5.60 Å². The van der Waals surface area contributed by atoms with Crippen LogP contribution in [-0.2, 0) is 0 Å². The largest absolute Gasteiger partial charge is 0.389 e. The summed E-state index contributed by atoms with van der Waals surface area (Å²) >= 11 is 0. The van der Waals surface area contributed by atoms with Crippen LogP contribution in [0.15, 0.2) is 6.07 Å². The third-order valence-corrected chi connectivity index (χ3v) is 3.57. The number of hydrogen-bond donors (Lipinski definition) is 2. The Kier molecular flexibility index (Phi) is 4.68. The summed E-state index contributed by atoms with van der Waals surface area (Å²) in [5.41, 5.74) is 5.25. The van der Waals surface area contributed by atoms with Crippen LogP contribution in [-0.4, -0.2) is 58.3 Å². The summed E-state index contributed by atoms with van der Waals surface area (Å²) in [6.07, 6.45) is 0. The van der Waals surface area contributed by atoms with Crippen molar-refractivity contribution in [2.45, 2.75) is 39.2 Å². The molecule has 0 atom stereocenters. The van der Waals surface area contributed by atoms with Gasteiger partial charge in [0.1, 0.15) is 17.5 Å². The predicted octanol–water partition coefficient (Wildman–Crippen LogP) is 1.08. The van der Waals surface area contributed by atoms with Crippen LogP contribution >= 0.6 is 0 Å². The van der Waals surface area contributed by atoms with Crippen molar-refractivity contribution in [2.24, 2.45) is 0 Å². The molecular formula is C15H27N5O. The summed E-state index contributed by atoms with van der Waals surface area (Å²) in [6.45, 7) is 12.2. The Morgan fingerprint density at radius 3 is 2.38 bits per heavy atom. The second-order valence-electron chi connectivity index (χ2n) is 6.74. The molecule has 1 aliphatic rings. The average molecular weight is 293 g/mol. The number of aromatic nitrogens is 2.